The summed E-state index contributed by atoms with van der Waals surface area (Å²) >= 11 is 0. The molecular weight excluding hydrogens is 322 g/mol. The number of benzene rings is 2. The van der Waals surface area contributed by atoms with Crippen molar-refractivity contribution in [3.8, 4) is 0 Å². The number of carbonyl (C=O) groups excluding carboxylic acids is 1. The third-order valence-corrected chi connectivity index (χ3v) is 5.44. The molecule has 1 fully saturated rings. The number of anilines is 3. The molecule has 2 aliphatic heterocycles. The third-order valence-electron chi connectivity index (χ3n) is 5.44. The fraction of sp³-hybridized carbons (Fsp3) is 0.409. The van der Waals surface area contributed by atoms with Crippen molar-refractivity contribution in [1.29, 1.82) is 0 Å². The van der Waals surface area contributed by atoms with Gasteiger partial charge >= 0.3 is 0 Å². The van der Waals surface area contributed by atoms with Crippen LogP contribution >= 0.6 is 0 Å². The average molecular weight is 349 g/mol. The van der Waals surface area contributed by atoms with E-state index in [0.717, 1.165) is 43.9 Å². The molecule has 0 unspecified atom stereocenters. The number of hydrogen-bond acceptors (Lipinski definition) is 3. The largest absolute Gasteiger partial charge is 0.374 e. The summed E-state index contributed by atoms with van der Waals surface area (Å²) in [6.07, 6.45) is 5.91. The molecule has 4 rings (SSSR count). The van der Waals surface area contributed by atoms with Crippen LogP contribution in [0.4, 0.5) is 17.1 Å². The van der Waals surface area contributed by atoms with Crippen molar-refractivity contribution >= 4 is 23.0 Å². The van der Waals surface area contributed by atoms with E-state index in [0.29, 0.717) is 6.54 Å². The molecule has 0 atom stereocenters. The normalized spacial score (nSPS) is 16.9. The predicted octanol–water partition coefficient (Wildman–Crippen LogP) is 4.07. The van der Waals surface area contributed by atoms with Gasteiger partial charge in [0.05, 0.1) is 17.9 Å². The molecule has 2 aliphatic rings. The fourth-order valence-electron chi connectivity index (χ4n) is 4.09. The highest BCUT2D eigenvalue weighted by molar-refractivity contribution is 5.97. The topological polar surface area (TPSA) is 35.6 Å². The van der Waals surface area contributed by atoms with Crippen LogP contribution in [-0.2, 0) is 11.2 Å². The lowest BCUT2D eigenvalue weighted by Gasteiger charge is -2.32. The molecule has 26 heavy (non-hydrogen) atoms. The van der Waals surface area contributed by atoms with Crippen molar-refractivity contribution in [2.24, 2.45) is 0 Å². The molecule has 1 saturated heterocycles. The summed E-state index contributed by atoms with van der Waals surface area (Å²) in [5.41, 5.74) is 4.64. The van der Waals surface area contributed by atoms with Gasteiger partial charge in [0.1, 0.15) is 0 Å². The summed E-state index contributed by atoms with van der Waals surface area (Å²) in [5.74, 6) is 0.144. The number of hydrogen-bond donors (Lipinski definition) is 1. The van der Waals surface area contributed by atoms with Crippen LogP contribution in [0.15, 0.2) is 48.5 Å². The smallest absolute Gasteiger partial charge is 0.246 e. The summed E-state index contributed by atoms with van der Waals surface area (Å²) in [6.45, 7) is 3.35. The molecule has 2 aromatic rings. The Balaban J connectivity index is 1.46. The Labute approximate surface area is 155 Å². The van der Waals surface area contributed by atoms with Crippen LogP contribution < -0.4 is 15.1 Å². The Hall–Kier alpha value is -2.49. The van der Waals surface area contributed by atoms with Crippen molar-refractivity contribution in [3.63, 3.8) is 0 Å². The number of para-hydroxylation sites is 3. The molecule has 0 radical (unpaired) electrons. The van der Waals surface area contributed by atoms with Crippen molar-refractivity contribution in [3.05, 3.63) is 54.1 Å². The lowest BCUT2D eigenvalue weighted by molar-refractivity contribution is -0.117. The van der Waals surface area contributed by atoms with Crippen LogP contribution in [0.25, 0.3) is 0 Å². The Morgan fingerprint density at radius 1 is 0.846 bits per heavy atom. The highest BCUT2D eigenvalue weighted by atomic mass is 16.2. The maximum atomic E-state index is 12.9. The Bertz CT molecular complexity index is 767. The molecule has 0 bridgehead atoms. The van der Waals surface area contributed by atoms with Gasteiger partial charge in [-0.1, -0.05) is 30.3 Å². The van der Waals surface area contributed by atoms with E-state index in [9.17, 15) is 4.79 Å². The van der Waals surface area contributed by atoms with Crippen LogP contribution in [0.5, 0.6) is 0 Å². The van der Waals surface area contributed by atoms with Crippen LogP contribution in [0.1, 0.15) is 31.2 Å². The molecular formula is C22H27N3O. The van der Waals surface area contributed by atoms with E-state index in [4.69, 9.17) is 0 Å². The van der Waals surface area contributed by atoms with E-state index in [1.807, 2.05) is 17.0 Å². The van der Waals surface area contributed by atoms with E-state index in [-0.39, 0.29) is 5.91 Å². The second-order valence-electron chi connectivity index (χ2n) is 7.20. The second kappa shape index (κ2) is 7.81. The molecule has 4 nitrogen and oxygen atoms in total. The van der Waals surface area contributed by atoms with Gasteiger partial charge in [0, 0.05) is 25.3 Å². The van der Waals surface area contributed by atoms with Gasteiger partial charge in [-0.25, -0.2) is 0 Å². The minimum absolute atomic E-state index is 0.144. The summed E-state index contributed by atoms with van der Waals surface area (Å²) in [7, 11) is 0. The van der Waals surface area contributed by atoms with Crippen LogP contribution in [0, 0.1) is 0 Å². The summed E-state index contributed by atoms with van der Waals surface area (Å²) < 4.78 is 0. The van der Waals surface area contributed by atoms with Gasteiger partial charge in [0.15, 0.2) is 0 Å². The number of nitrogens with one attached hydrogen (secondary N) is 1. The maximum absolute atomic E-state index is 12.9. The molecule has 0 aromatic heterocycles. The van der Waals surface area contributed by atoms with E-state index in [1.54, 1.807) is 0 Å². The minimum Gasteiger partial charge on any atom is -0.374 e. The highest BCUT2D eigenvalue weighted by Gasteiger charge is 2.22. The highest BCUT2D eigenvalue weighted by Crippen LogP contribution is 2.29. The number of carbonyl (C=O) groups is 1. The zero-order valence-corrected chi connectivity index (χ0v) is 15.3. The molecule has 0 spiro atoms. The Kier molecular flexibility index (Phi) is 5.09. The van der Waals surface area contributed by atoms with Gasteiger partial charge in [-0.2, -0.15) is 0 Å². The first-order valence-electron chi connectivity index (χ1n) is 9.79. The van der Waals surface area contributed by atoms with E-state index < -0.39 is 0 Å². The molecule has 0 saturated carbocycles. The third kappa shape index (κ3) is 3.55. The quantitative estimate of drug-likeness (QED) is 0.904. The molecule has 2 heterocycles. The zero-order chi connectivity index (χ0) is 17.8. The Morgan fingerprint density at radius 2 is 1.58 bits per heavy atom. The van der Waals surface area contributed by atoms with E-state index >= 15 is 0 Å². The lowest BCUT2D eigenvalue weighted by atomic mass is 10.0. The van der Waals surface area contributed by atoms with Crippen molar-refractivity contribution in [2.45, 2.75) is 32.1 Å². The first kappa shape index (κ1) is 17.0. The molecule has 4 heteroatoms. The fourth-order valence-corrected chi connectivity index (χ4v) is 4.09. The van der Waals surface area contributed by atoms with Crippen molar-refractivity contribution < 1.29 is 4.79 Å². The second-order valence-corrected chi connectivity index (χ2v) is 7.20. The van der Waals surface area contributed by atoms with Crippen molar-refractivity contribution in [1.82, 2.24) is 0 Å². The predicted molar refractivity (Wildman–Crippen MR) is 108 cm³/mol. The number of piperidine rings is 1. The standard InChI is InChI=1S/C22H27N3O/c26-22(25-16-8-10-18-9-2-4-12-20(18)25)17-23-19-11-3-5-13-21(19)24-14-6-1-7-15-24/h2-5,9,11-13,23H,1,6-8,10,14-17H2. The average Bonchev–Trinajstić information content (AvgIpc) is 2.72. The van der Waals surface area contributed by atoms with Gasteiger partial charge in [0.2, 0.25) is 5.91 Å². The molecule has 136 valence electrons. The van der Waals surface area contributed by atoms with Crippen LogP contribution in [-0.4, -0.2) is 32.1 Å². The van der Waals surface area contributed by atoms with Crippen LogP contribution in [0.3, 0.4) is 0 Å². The number of rotatable bonds is 4. The van der Waals surface area contributed by atoms with E-state index in [2.05, 4.69) is 46.6 Å². The summed E-state index contributed by atoms with van der Waals surface area (Å²) in [5, 5.41) is 3.41. The number of fused-ring (bicyclic) bond motifs is 1. The van der Waals surface area contributed by atoms with Gasteiger partial charge in [-0.05, 0) is 55.9 Å². The molecule has 1 amide bonds. The maximum Gasteiger partial charge on any atom is 0.246 e. The lowest BCUT2D eigenvalue weighted by Crippen LogP contribution is -2.39. The first-order chi connectivity index (χ1) is 12.8. The van der Waals surface area contributed by atoms with Gasteiger partial charge < -0.3 is 15.1 Å². The monoisotopic (exact) mass is 349 g/mol. The molecule has 1 N–H and O–H groups in total. The summed E-state index contributed by atoms with van der Waals surface area (Å²) in [4.78, 5) is 17.2. The van der Waals surface area contributed by atoms with E-state index in [1.165, 1.54) is 30.5 Å². The van der Waals surface area contributed by atoms with Gasteiger partial charge in [-0.15, -0.1) is 0 Å². The molecule has 0 aliphatic carbocycles. The van der Waals surface area contributed by atoms with Gasteiger partial charge in [-0.3, -0.25) is 4.79 Å². The molecule has 2 aromatic carbocycles. The van der Waals surface area contributed by atoms with Crippen molar-refractivity contribution in [2.75, 3.05) is 41.3 Å². The van der Waals surface area contributed by atoms with Gasteiger partial charge in [0.25, 0.3) is 0 Å². The Morgan fingerprint density at radius 3 is 2.42 bits per heavy atom. The van der Waals surface area contributed by atoms with Crippen LogP contribution in [0.2, 0.25) is 0 Å². The first-order valence-corrected chi connectivity index (χ1v) is 9.79. The summed E-state index contributed by atoms with van der Waals surface area (Å²) in [6, 6.07) is 16.6. The number of nitrogens with zero attached hydrogens (tertiary/aromatic N) is 2. The SMILES string of the molecule is O=C(CNc1ccccc1N1CCCCC1)N1CCCc2ccccc21. The number of aryl methyl sites for hydroxylation is 1. The minimum atomic E-state index is 0.144. The zero-order valence-electron chi connectivity index (χ0n) is 15.3. The number of amides is 1.